The first-order chi connectivity index (χ1) is 13.9. The molecular formula is C20H29N7OS. The number of benzene rings is 1. The van der Waals surface area contributed by atoms with Crippen LogP contribution in [0.5, 0.6) is 0 Å². The van der Waals surface area contributed by atoms with Crippen LogP contribution in [0.4, 0.5) is 11.5 Å². The van der Waals surface area contributed by atoms with Crippen molar-refractivity contribution in [1.29, 1.82) is 0 Å². The molecule has 3 rings (SSSR count). The van der Waals surface area contributed by atoms with E-state index in [4.69, 9.17) is 5.73 Å². The van der Waals surface area contributed by atoms with E-state index in [9.17, 15) is 5.11 Å². The minimum atomic E-state index is -0.961. The summed E-state index contributed by atoms with van der Waals surface area (Å²) in [6.45, 7) is 3.76. The number of aliphatic hydroxyl groups excluding tert-OH is 1. The number of nitrogens with zero attached hydrogens (tertiary/aromatic N) is 4. The van der Waals surface area contributed by atoms with Crippen LogP contribution < -0.4 is 16.4 Å². The highest BCUT2D eigenvalue weighted by atomic mass is 32.2. The van der Waals surface area contributed by atoms with Crippen molar-refractivity contribution >= 4 is 28.4 Å². The van der Waals surface area contributed by atoms with Crippen LogP contribution in [0.1, 0.15) is 30.8 Å². The Morgan fingerprint density at radius 2 is 2.14 bits per heavy atom. The molecule has 2 atom stereocenters. The first-order valence-electron chi connectivity index (χ1n) is 9.59. The second kappa shape index (κ2) is 9.43. The Kier molecular flexibility index (Phi) is 6.94. The first kappa shape index (κ1) is 21.4. The fourth-order valence-corrected chi connectivity index (χ4v) is 4.02. The number of aromatic nitrogens is 2. The van der Waals surface area contributed by atoms with E-state index < -0.39 is 6.23 Å². The van der Waals surface area contributed by atoms with Crippen molar-refractivity contribution in [2.75, 3.05) is 43.6 Å². The fraction of sp³-hybridized carbons (Fsp3) is 0.450. The summed E-state index contributed by atoms with van der Waals surface area (Å²) >= 11 is 1.58. The molecule has 0 saturated carbocycles. The highest BCUT2D eigenvalue weighted by molar-refractivity contribution is 8.13. The molecule has 8 nitrogen and oxygen atoms in total. The zero-order valence-corrected chi connectivity index (χ0v) is 17.9. The number of amidine groups is 1. The van der Waals surface area contributed by atoms with E-state index in [1.54, 1.807) is 24.2 Å². The molecule has 29 heavy (non-hydrogen) atoms. The van der Waals surface area contributed by atoms with Gasteiger partial charge in [0.25, 0.3) is 0 Å². The molecule has 1 aromatic carbocycles. The van der Waals surface area contributed by atoms with Crippen molar-refractivity contribution in [1.82, 2.24) is 14.9 Å². The number of rotatable bonds is 8. The first-order valence-corrected chi connectivity index (χ1v) is 10.6. The van der Waals surface area contributed by atoms with E-state index in [-0.39, 0.29) is 5.54 Å². The van der Waals surface area contributed by atoms with Crippen molar-refractivity contribution in [2.45, 2.75) is 25.1 Å². The standard InChI is InChI=1S/C20H29N7OS/c1-20(7-10-29-19(21)26-20)14-5-4-6-15(11-14)25-18(28)16-12-24-17(13-23-16)22-8-9-27(2)3/h4-6,11-13,18,25,28H,7-10H2,1-3H3,(H2,21,26)(H,22,24). The van der Waals surface area contributed by atoms with Crippen LogP contribution in [-0.4, -0.2) is 58.1 Å². The number of aliphatic hydroxyl groups is 1. The summed E-state index contributed by atoms with van der Waals surface area (Å²) in [7, 11) is 4.03. The molecule has 1 aromatic heterocycles. The number of anilines is 2. The molecule has 0 bridgehead atoms. The van der Waals surface area contributed by atoms with Crippen LogP contribution in [0.15, 0.2) is 41.7 Å². The van der Waals surface area contributed by atoms with Gasteiger partial charge in [0, 0.05) is 24.5 Å². The summed E-state index contributed by atoms with van der Waals surface area (Å²) in [5, 5.41) is 17.4. The van der Waals surface area contributed by atoms with Crippen LogP contribution in [0, 0.1) is 0 Å². The molecule has 1 aliphatic rings. The molecule has 2 heterocycles. The zero-order valence-electron chi connectivity index (χ0n) is 17.1. The lowest BCUT2D eigenvalue weighted by atomic mass is 9.89. The van der Waals surface area contributed by atoms with Crippen molar-refractivity contribution in [3.05, 3.63) is 47.9 Å². The van der Waals surface area contributed by atoms with Gasteiger partial charge in [-0.15, -0.1) is 0 Å². The van der Waals surface area contributed by atoms with E-state index in [0.717, 1.165) is 36.5 Å². The van der Waals surface area contributed by atoms with Gasteiger partial charge in [0.15, 0.2) is 11.4 Å². The van der Waals surface area contributed by atoms with E-state index in [2.05, 4.69) is 37.4 Å². The summed E-state index contributed by atoms with van der Waals surface area (Å²) < 4.78 is 0. The molecule has 0 fully saturated rings. The smallest absolute Gasteiger partial charge is 0.169 e. The molecule has 0 spiro atoms. The van der Waals surface area contributed by atoms with Crippen molar-refractivity contribution in [2.24, 2.45) is 10.7 Å². The predicted molar refractivity (Wildman–Crippen MR) is 120 cm³/mol. The molecule has 1 aliphatic heterocycles. The lowest BCUT2D eigenvalue weighted by molar-refractivity contribution is 0.203. The van der Waals surface area contributed by atoms with E-state index in [0.29, 0.717) is 16.7 Å². The summed E-state index contributed by atoms with van der Waals surface area (Å²) in [6.07, 6.45) is 3.16. The Morgan fingerprint density at radius 1 is 1.31 bits per heavy atom. The summed E-state index contributed by atoms with van der Waals surface area (Å²) in [4.78, 5) is 15.4. The molecule has 156 valence electrons. The van der Waals surface area contributed by atoms with Crippen LogP contribution in [0.2, 0.25) is 0 Å². The summed E-state index contributed by atoms with van der Waals surface area (Å²) in [6, 6.07) is 7.90. The second-order valence-corrected chi connectivity index (χ2v) is 8.62. The zero-order chi connectivity index (χ0) is 20.9. The number of nitrogens with one attached hydrogen (secondary N) is 2. The van der Waals surface area contributed by atoms with Crippen molar-refractivity contribution < 1.29 is 5.11 Å². The predicted octanol–water partition coefficient (Wildman–Crippen LogP) is 2.22. The Morgan fingerprint density at radius 3 is 2.83 bits per heavy atom. The quantitative estimate of drug-likeness (QED) is 0.486. The van der Waals surface area contributed by atoms with Crippen LogP contribution >= 0.6 is 11.8 Å². The van der Waals surface area contributed by atoms with Crippen LogP contribution in [0.25, 0.3) is 0 Å². The maximum absolute atomic E-state index is 10.5. The molecule has 2 aromatic rings. The number of thioether (sulfide) groups is 1. The summed E-state index contributed by atoms with van der Waals surface area (Å²) in [5.74, 6) is 1.62. The third kappa shape index (κ3) is 5.81. The highest BCUT2D eigenvalue weighted by Gasteiger charge is 2.29. The van der Waals surface area contributed by atoms with Gasteiger partial charge >= 0.3 is 0 Å². The van der Waals surface area contributed by atoms with Gasteiger partial charge < -0.3 is 26.4 Å². The van der Waals surface area contributed by atoms with Crippen molar-refractivity contribution in [3.63, 3.8) is 0 Å². The number of nitrogens with two attached hydrogens (primary N) is 1. The Labute approximate surface area is 176 Å². The molecular weight excluding hydrogens is 386 g/mol. The molecule has 0 saturated heterocycles. The minimum absolute atomic E-state index is 0.350. The molecule has 9 heteroatoms. The van der Waals surface area contributed by atoms with Gasteiger partial charge in [-0.2, -0.15) is 0 Å². The molecule has 5 N–H and O–H groups in total. The number of hydrogen-bond acceptors (Lipinski definition) is 9. The minimum Gasteiger partial charge on any atom is -0.379 e. The average molecular weight is 416 g/mol. The lowest BCUT2D eigenvalue weighted by Crippen LogP contribution is -2.28. The molecule has 0 amide bonds. The van der Waals surface area contributed by atoms with E-state index in [1.807, 2.05) is 38.4 Å². The van der Waals surface area contributed by atoms with Gasteiger partial charge in [-0.1, -0.05) is 23.9 Å². The van der Waals surface area contributed by atoms with Gasteiger partial charge in [0.05, 0.1) is 17.9 Å². The van der Waals surface area contributed by atoms with E-state index >= 15 is 0 Å². The largest absolute Gasteiger partial charge is 0.379 e. The van der Waals surface area contributed by atoms with Gasteiger partial charge in [-0.25, -0.2) is 4.98 Å². The highest BCUT2D eigenvalue weighted by Crippen LogP contribution is 2.36. The maximum atomic E-state index is 10.5. The summed E-state index contributed by atoms with van der Waals surface area (Å²) in [5.41, 5.74) is 7.89. The van der Waals surface area contributed by atoms with Gasteiger partial charge in [0.2, 0.25) is 0 Å². The number of hydrogen-bond donors (Lipinski definition) is 4. The van der Waals surface area contributed by atoms with Gasteiger partial charge in [-0.3, -0.25) is 9.98 Å². The maximum Gasteiger partial charge on any atom is 0.169 e. The second-order valence-electron chi connectivity index (χ2n) is 7.51. The monoisotopic (exact) mass is 415 g/mol. The Balaban J connectivity index is 1.65. The van der Waals surface area contributed by atoms with Gasteiger partial charge in [0.1, 0.15) is 11.5 Å². The van der Waals surface area contributed by atoms with E-state index in [1.165, 1.54) is 0 Å². The molecule has 0 radical (unpaired) electrons. The van der Waals surface area contributed by atoms with Gasteiger partial charge in [-0.05, 0) is 45.1 Å². The average Bonchev–Trinajstić information content (AvgIpc) is 2.68. The SMILES string of the molecule is CN(C)CCNc1cnc(C(O)Nc2cccc(C3(C)CCSC(N)=N3)c2)cn1. The molecule has 0 aliphatic carbocycles. The van der Waals surface area contributed by atoms with Crippen LogP contribution in [-0.2, 0) is 5.54 Å². The van der Waals surface area contributed by atoms with Crippen LogP contribution in [0.3, 0.4) is 0 Å². The third-order valence-corrected chi connectivity index (χ3v) is 5.60. The number of likely N-dealkylation sites (N-methyl/N-ethyl adjacent to an activating group) is 1. The Bertz CT molecular complexity index is 843. The molecule has 2 unspecified atom stereocenters. The van der Waals surface area contributed by atoms with Crippen molar-refractivity contribution in [3.8, 4) is 0 Å². The Hall–Kier alpha value is -2.36. The normalized spacial score (nSPS) is 20.2. The number of aliphatic imine (C=N–C) groups is 1. The topological polar surface area (TPSA) is 112 Å². The fourth-order valence-electron chi connectivity index (χ4n) is 3.05. The third-order valence-electron chi connectivity index (χ3n) is 4.80. The lowest BCUT2D eigenvalue weighted by Gasteiger charge is -2.30.